The van der Waals surface area contributed by atoms with Gasteiger partial charge >= 0.3 is 5.97 Å². The molecule has 0 aliphatic carbocycles. The molecule has 1 atom stereocenters. The van der Waals surface area contributed by atoms with E-state index in [4.69, 9.17) is 17.1 Å². The van der Waals surface area contributed by atoms with Crippen LogP contribution in [0.3, 0.4) is 0 Å². The molecule has 2 rings (SSSR count). The Labute approximate surface area is 149 Å². The second kappa shape index (κ2) is 8.47. The number of benzene rings is 1. The van der Waals surface area contributed by atoms with E-state index in [1.807, 2.05) is 56.5 Å². The van der Waals surface area contributed by atoms with Gasteiger partial charge in [-0.25, -0.2) is 4.79 Å². The fourth-order valence-electron chi connectivity index (χ4n) is 1.83. The standard InChI is InChI=1S/C17H19NO2S3/c1-12(2)9-10-15(23-14-7-5-4-6-8-14)16(19)20-18-13(3)11-22-17(18)21/h4-9,11,15H,10H2,1-3H3. The number of aromatic nitrogens is 1. The smallest absolute Gasteiger partial charge is 0.333 e. The third kappa shape index (κ3) is 5.34. The van der Waals surface area contributed by atoms with Crippen LogP contribution in [0.4, 0.5) is 0 Å². The van der Waals surface area contributed by atoms with E-state index in [1.54, 1.807) is 0 Å². The number of aryl methyl sites for hydroxylation is 1. The SMILES string of the molecule is CC(C)=CCC(Sc1ccccc1)C(=O)On1c(C)csc1=S. The molecule has 1 aromatic heterocycles. The van der Waals surface area contributed by atoms with Crippen LogP contribution < -0.4 is 4.84 Å². The molecule has 0 saturated carbocycles. The van der Waals surface area contributed by atoms with E-state index in [2.05, 4.69) is 6.08 Å². The summed E-state index contributed by atoms with van der Waals surface area (Å²) in [6, 6.07) is 9.88. The summed E-state index contributed by atoms with van der Waals surface area (Å²) in [6.07, 6.45) is 2.68. The summed E-state index contributed by atoms with van der Waals surface area (Å²) in [7, 11) is 0. The molecule has 3 nitrogen and oxygen atoms in total. The number of nitrogens with zero attached hydrogens (tertiary/aromatic N) is 1. The fourth-order valence-corrected chi connectivity index (χ4v) is 3.78. The van der Waals surface area contributed by atoms with E-state index in [0.29, 0.717) is 10.4 Å². The molecular formula is C17H19NO2S3. The Balaban J connectivity index is 2.17. The zero-order valence-electron chi connectivity index (χ0n) is 13.3. The van der Waals surface area contributed by atoms with Crippen LogP contribution in [0.1, 0.15) is 26.0 Å². The molecule has 1 heterocycles. The number of rotatable bonds is 6. The first kappa shape index (κ1) is 18.0. The minimum absolute atomic E-state index is 0.283. The van der Waals surface area contributed by atoms with Crippen LogP contribution in [0, 0.1) is 10.9 Å². The average Bonchev–Trinajstić information content (AvgIpc) is 2.84. The molecule has 0 aliphatic heterocycles. The number of thioether (sulfide) groups is 1. The lowest BCUT2D eigenvalue weighted by molar-refractivity contribution is -0.143. The maximum atomic E-state index is 12.6. The van der Waals surface area contributed by atoms with Crippen molar-refractivity contribution >= 4 is 41.3 Å². The molecule has 6 heteroatoms. The molecule has 0 amide bonds. The van der Waals surface area contributed by atoms with Crippen LogP contribution in [0.2, 0.25) is 0 Å². The minimum atomic E-state index is -0.312. The van der Waals surface area contributed by atoms with Gasteiger partial charge in [0.25, 0.3) is 0 Å². The van der Waals surface area contributed by atoms with Crippen LogP contribution in [0.5, 0.6) is 0 Å². The summed E-state index contributed by atoms with van der Waals surface area (Å²) in [4.78, 5) is 19.2. The molecule has 0 bridgehead atoms. The second-order valence-electron chi connectivity index (χ2n) is 5.28. The van der Waals surface area contributed by atoms with E-state index < -0.39 is 0 Å². The zero-order valence-corrected chi connectivity index (χ0v) is 15.8. The van der Waals surface area contributed by atoms with Crippen molar-refractivity contribution in [2.75, 3.05) is 0 Å². The van der Waals surface area contributed by atoms with E-state index >= 15 is 0 Å². The third-order valence-electron chi connectivity index (χ3n) is 3.02. The van der Waals surface area contributed by atoms with Crippen LogP contribution in [0.15, 0.2) is 52.3 Å². The molecule has 122 valence electrons. The topological polar surface area (TPSA) is 31.2 Å². The first-order valence-electron chi connectivity index (χ1n) is 7.22. The lowest BCUT2D eigenvalue weighted by atomic mass is 10.2. The highest BCUT2D eigenvalue weighted by Crippen LogP contribution is 2.26. The number of hydrogen-bond acceptors (Lipinski definition) is 5. The van der Waals surface area contributed by atoms with Crippen molar-refractivity contribution in [3.8, 4) is 0 Å². The Morgan fingerprint density at radius 2 is 2.09 bits per heavy atom. The van der Waals surface area contributed by atoms with Gasteiger partial charge in [-0.15, -0.1) is 23.1 Å². The Hall–Kier alpha value is -1.37. The Bertz CT molecular complexity index is 743. The quantitative estimate of drug-likeness (QED) is 0.407. The van der Waals surface area contributed by atoms with Crippen molar-refractivity contribution in [3.05, 3.63) is 57.0 Å². The Morgan fingerprint density at radius 1 is 1.39 bits per heavy atom. The lowest BCUT2D eigenvalue weighted by Gasteiger charge is -2.15. The van der Waals surface area contributed by atoms with Crippen molar-refractivity contribution in [2.45, 2.75) is 37.3 Å². The van der Waals surface area contributed by atoms with Gasteiger partial charge < -0.3 is 4.84 Å². The van der Waals surface area contributed by atoms with E-state index in [0.717, 1.165) is 10.6 Å². The summed E-state index contributed by atoms with van der Waals surface area (Å²) in [5.74, 6) is -0.283. The van der Waals surface area contributed by atoms with Crippen molar-refractivity contribution in [3.63, 3.8) is 0 Å². The number of thiazole rings is 1. The highest BCUT2D eigenvalue weighted by atomic mass is 32.2. The lowest BCUT2D eigenvalue weighted by Crippen LogP contribution is -2.29. The van der Waals surface area contributed by atoms with Gasteiger partial charge in [-0.05, 0) is 51.5 Å². The van der Waals surface area contributed by atoms with Gasteiger partial charge in [0.05, 0.1) is 5.69 Å². The number of hydrogen-bond donors (Lipinski definition) is 0. The van der Waals surface area contributed by atoms with Crippen LogP contribution in [-0.2, 0) is 4.79 Å². The predicted molar refractivity (Wildman–Crippen MR) is 99.6 cm³/mol. The van der Waals surface area contributed by atoms with Gasteiger partial charge in [-0.2, -0.15) is 4.73 Å². The third-order valence-corrected chi connectivity index (χ3v) is 5.52. The van der Waals surface area contributed by atoms with Crippen molar-refractivity contribution in [1.82, 2.24) is 4.73 Å². The van der Waals surface area contributed by atoms with Gasteiger partial charge in [0.2, 0.25) is 0 Å². The Kier molecular flexibility index (Phi) is 6.62. The average molecular weight is 366 g/mol. The highest BCUT2D eigenvalue weighted by Gasteiger charge is 2.22. The van der Waals surface area contributed by atoms with E-state index in [-0.39, 0.29) is 11.2 Å². The fraction of sp³-hybridized carbons (Fsp3) is 0.294. The molecule has 23 heavy (non-hydrogen) atoms. The van der Waals surface area contributed by atoms with Gasteiger partial charge in [-0.3, -0.25) is 0 Å². The van der Waals surface area contributed by atoms with Crippen molar-refractivity contribution in [1.29, 1.82) is 0 Å². The Morgan fingerprint density at radius 3 is 2.65 bits per heavy atom. The van der Waals surface area contributed by atoms with Crippen molar-refractivity contribution in [2.24, 2.45) is 0 Å². The number of allylic oxidation sites excluding steroid dienone is 2. The number of carbonyl (C=O) groups is 1. The van der Waals surface area contributed by atoms with Gasteiger partial charge in [0.1, 0.15) is 5.25 Å². The van der Waals surface area contributed by atoms with E-state index in [1.165, 1.54) is 33.4 Å². The van der Waals surface area contributed by atoms with Gasteiger partial charge in [-0.1, -0.05) is 29.8 Å². The summed E-state index contributed by atoms with van der Waals surface area (Å²) in [5.41, 5.74) is 2.01. The summed E-state index contributed by atoms with van der Waals surface area (Å²) >= 11 is 8.10. The molecule has 1 unspecified atom stereocenters. The molecule has 0 radical (unpaired) electrons. The van der Waals surface area contributed by atoms with E-state index in [9.17, 15) is 4.79 Å². The normalized spacial score (nSPS) is 11.8. The molecule has 2 aromatic rings. The van der Waals surface area contributed by atoms with Crippen molar-refractivity contribution < 1.29 is 9.63 Å². The van der Waals surface area contributed by atoms with Gasteiger partial charge in [0.15, 0.2) is 3.95 Å². The monoisotopic (exact) mass is 365 g/mol. The molecular weight excluding hydrogens is 346 g/mol. The molecule has 0 N–H and O–H groups in total. The largest absolute Gasteiger partial charge is 0.346 e. The zero-order chi connectivity index (χ0) is 16.8. The second-order valence-corrected chi connectivity index (χ2v) is 8.06. The summed E-state index contributed by atoms with van der Waals surface area (Å²) < 4.78 is 1.98. The maximum absolute atomic E-state index is 12.6. The molecule has 0 saturated heterocycles. The first-order valence-corrected chi connectivity index (χ1v) is 9.38. The predicted octanol–water partition coefficient (Wildman–Crippen LogP) is 5.06. The summed E-state index contributed by atoms with van der Waals surface area (Å²) in [5, 5.41) is 1.57. The van der Waals surface area contributed by atoms with Gasteiger partial charge in [0, 0.05) is 10.3 Å². The first-order chi connectivity index (χ1) is 11.0. The highest BCUT2D eigenvalue weighted by molar-refractivity contribution is 8.00. The minimum Gasteiger partial charge on any atom is -0.333 e. The molecule has 0 spiro atoms. The summed E-state index contributed by atoms with van der Waals surface area (Å²) in [6.45, 7) is 5.92. The molecule has 1 aromatic carbocycles. The maximum Gasteiger partial charge on any atom is 0.346 e. The van der Waals surface area contributed by atoms with Crippen LogP contribution in [-0.4, -0.2) is 15.9 Å². The van der Waals surface area contributed by atoms with Crippen LogP contribution in [0.25, 0.3) is 0 Å². The molecule has 0 fully saturated rings. The van der Waals surface area contributed by atoms with Crippen LogP contribution >= 0.6 is 35.3 Å². The number of carbonyl (C=O) groups excluding carboxylic acids is 1. The molecule has 0 aliphatic rings.